The first-order valence-electron chi connectivity index (χ1n) is 5.59. The SMILES string of the molecule is CN(c1ccccc1)C1CCCCC1=O. The van der Waals surface area contributed by atoms with E-state index < -0.39 is 0 Å². The molecule has 0 radical (unpaired) electrons. The highest BCUT2D eigenvalue weighted by Gasteiger charge is 2.25. The molecule has 15 heavy (non-hydrogen) atoms. The summed E-state index contributed by atoms with van der Waals surface area (Å²) >= 11 is 0. The van der Waals surface area contributed by atoms with Crippen LogP contribution in [0.25, 0.3) is 0 Å². The summed E-state index contributed by atoms with van der Waals surface area (Å²) in [7, 11) is 2.02. The standard InChI is InChI=1S/C13H17NO/c1-14(11-7-3-2-4-8-11)12-9-5-6-10-13(12)15/h2-4,7-8,12H,5-6,9-10H2,1H3. The molecule has 0 bridgehead atoms. The van der Waals surface area contributed by atoms with Gasteiger partial charge < -0.3 is 4.90 Å². The second-order valence-electron chi connectivity index (χ2n) is 4.17. The molecule has 0 saturated heterocycles. The lowest BCUT2D eigenvalue weighted by Crippen LogP contribution is -2.40. The molecule has 1 aliphatic carbocycles. The largest absolute Gasteiger partial charge is 0.365 e. The Hall–Kier alpha value is -1.31. The highest BCUT2D eigenvalue weighted by molar-refractivity contribution is 5.87. The van der Waals surface area contributed by atoms with Gasteiger partial charge in [-0.25, -0.2) is 0 Å². The molecule has 1 fully saturated rings. The lowest BCUT2D eigenvalue weighted by Gasteiger charge is -2.31. The first kappa shape index (κ1) is 10.2. The van der Waals surface area contributed by atoms with Gasteiger partial charge in [-0.3, -0.25) is 4.79 Å². The van der Waals surface area contributed by atoms with Crippen molar-refractivity contribution >= 4 is 11.5 Å². The third kappa shape index (κ3) is 2.20. The molecule has 1 aromatic rings. The van der Waals surface area contributed by atoms with Crippen LogP contribution in [0.5, 0.6) is 0 Å². The molecule has 1 saturated carbocycles. The van der Waals surface area contributed by atoms with Gasteiger partial charge in [-0.2, -0.15) is 0 Å². The Morgan fingerprint density at radius 2 is 1.93 bits per heavy atom. The van der Waals surface area contributed by atoms with E-state index in [0.29, 0.717) is 5.78 Å². The molecule has 2 heteroatoms. The molecule has 0 aliphatic heterocycles. The van der Waals surface area contributed by atoms with Gasteiger partial charge in [0.05, 0.1) is 6.04 Å². The molecule has 0 aromatic heterocycles. The third-order valence-electron chi connectivity index (χ3n) is 3.15. The van der Waals surface area contributed by atoms with E-state index in [9.17, 15) is 4.79 Å². The van der Waals surface area contributed by atoms with Gasteiger partial charge in [0, 0.05) is 19.2 Å². The van der Waals surface area contributed by atoms with Crippen LogP contribution in [0.3, 0.4) is 0 Å². The third-order valence-corrected chi connectivity index (χ3v) is 3.15. The van der Waals surface area contributed by atoms with Gasteiger partial charge in [0.15, 0.2) is 5.78 Å². The molecule has 0 N–H and O–H groups in total. The lowest BCUT2D eigenvalue weighted by atomic mass is 9.93. The second-order valence-corrected chi connectivity index (χ2v) is 4.17. The summed E-state index contributed by atoms with van der Waals surface area (Å²) in [6.45, 7) is 0. The van der Waals surface area contributed by atoms with Crippen LogP contribution in [0.1, 0.15) is 25.7 Å². The van der Waals surface area contributed by atoms with Crippen LogP contribution in [-0.2, 0) is 4.79 Å². The molecular formula is C13H17NO. The lowest BCUT2D eigenvalue weighted by molar-refractivity contribution is -0.121. The van der Waals surface area contributed by atoms with Crippen LogP contribution in [-0.4, -0.2) is 18.9 Å². The molecule has 1 atom stereocenters. The average molecular weight is 203 g/mol. The zero-order valence-corrected chi connectivity index (χ0v) is 9.15. The van der Waals surface area contributed by atoms with Crippen LogP contribution in [0.2, 0.25) is 0 Å². The number of likely N-dealkylation sites (N-methyl/N-ethyl adjacent to an activating group) is 1. The van der Waals surface area contributed by atoms with Crippen molar-refractivity contribution in [2.45, 2.75) is 31.7 Å². The average Bonchev–Trinajstić information content (AvgIpc) is 2.30. The van der Waals surface area contributed by atoms with Gasteiger partial charge >= 0.3 is 0 Å². The fourth-order valence-electron chi connectivity index (χ4n) is 2.22. The maximum atomic E-state index is 11.8. The van der Waals surface area contributed by atoms with Crippen LogP contribution >= 0.6 is 0 Å². The van der Waals surface area contributed by atoms with E-state index in [0.717, 1.165) is 24.9 Å². The van der Waals surface area contributed by atoms with Gasteiger partial charge in [0.25, 0.3) is 0 Å². The molecule has 1 aliphatic rings. The molecule has 0 heterocycles. The van der Waals surface area contributed by atoms with Crippen LogP contribution < -0.4 is 4.90 Å². The molecule has 1 unspecified atom stereocenters. The number of nitrogens with zero attached hydrogens (tertiary/aromatic N) is 1. The van der Waals surface area contributed by atoms with Crippen molar-refractivity contribution in [3.8, 4) is 0 Å². The van der Waals surface area contributed by atoms with Crippen molar-refractivity contribution in [2.75, 3.05) is 11.9 Å². The highest BCUT2D eigenvalue weighted by Crippen LogP contribution is 2.23. The number of anilines is 1. The summed E-state index contributed by atoms with van der Waals surface area (Å²) < 4.78 is 0. The van der Waals surface area contributed by atoms with Crippen molar-refractivity contribution < 1.29 is 4.79 Å². The zero-order valence-electron chi connectivity index (χ0n) is 9.15. The number of rotatable bonds is 2. The molecule has 80 valence electrons. The number of hydrogen-bond acceptors (Lipinski definition) is 2. The molecule has 1 aromatic carbocycles. The Morgan fingerprint density at radius 1 is 1.20 bits per heavy atom. The van der Waals surface area contributed by atoms with Gasteiger partial charge in [0.1, 0.15) is 0 Å². The minimum atomic E-state index is 0.0983. The number of hydrogen-bond donors (Lipinski definition) is 0. The van der Waals surface area contributed by atoms with Crippen molar-refractivity contribution in [2.24, 2.45) is 0 Å². The second kappa shape index (κ2) is 4.47. The topological polar surface area (TPSA) is 20.3 Å². The highest BCUT2D eigenvalue weighted by atomic mass is 16.1. The fourth-order valence-corrected chi connectivity index (χ4v) is 2.22. The Balaban J connectivity index is 2.13. The number of Topliss-reactive ketones (excluding diaryl/α,β-unsaturated/α-hetero) is 1. The normalized spacial score (nSPS) is 21.4. The van der Waals surface area contributed by atoms with Crippen LogP contribution in [0, 0.1) is 0 Å². The van der Waals surface area contributed by atoms with Crippen LogP contribution in [0.15, 0.2) is 30.3 Å². The number of carbonyl (C=O) groups is 1. The van der Waals surface area contributed by atoms with Crippen molar-refractivity contribution in [3.05, 3.63) is 30.3 Å². The van der Waals surface area contributed by atoms with Crippen molar-refractivity contribution in [3.63, 3.8) is 0 Å². The summed E-state index contributed by atoms with van der Waals surface area (Å²) in [5.74, 6) is 0.396. The van der Waals surface area contributed by atoms with E-state index in [1.165, 1.54) is 6.42 Å². The summed E-state index contributed by atoms with van der Waals surface area (Å²) in [6.07, 6.45) is 4.00. The Kier molecular flexibility index (Phi) is 3.05. The van der Waals surface area contributed by atoms with Gasteiger partial charge in [-0.05, 0) is 25.0 Å². The summed E-state index contributed by atoms with van der Waals surface area (Å²) in [4.78, 5) is 13.9. The molecular weight excluding hydrogens is 186 g/mol. The smallest absolute Gasteiger partial charge is 0.155 e. The first-order valence-corrected chi connectivity index (χ1v) is 5.59. The summed E-state index contributed by atoms with van der Waals surface area (Å²) in [6, 6.07) is 10.2. The molecule has 0 spiro atoms. The van der Waals surface area contributed by atoms with E-state index in [1.54, 1.807) is 0 Å². The Bertz CT molecular complexity index is 334. The van der Waals surface area contributed by atoms with E-state index in [-0.39, 0.29) is 6.04 Å². The van der Waals surface area contributed by atoms with E-state index >= 15 is 0 Å². The maximum Gasteiger partial charge on any atom is 0.155 e. The van der Waals surface area contributed by atoms with E-state index in [4.69, 9.17) is 0 Å². The minimum absolute atomic E-state index is 0.0983. The fraction of sp³-hybridized carbons (Fsp3) is 0.462. The first-order chi connectivity index (χ1) is 7.29. The molecule has 2 nitrogen and oxygen atoms in total. The molecule has 2 rings (SSSR count). The minimum Gasteiger partial charge on any atom is -0.365 e. The number of carbonyl (C=O) groups excluding carboxylic acids is 1. The predicted octanol–water partition coefficient (Wildman–Crippen LogP) is 2.63. The zero-order chi connectivity index (χ0) is 10.7. The van der Waals surface area contributed by atoms with Crippen molar-refractivity contribution in [1.29, 1.82) is 0 Å². The number of ketones is 1. The number of para-hydroxylation sites is 1. The van der Waals surface area contributed by atoms with Crippen LogP contribution in [0.4, 0.5) is 5.69 Å². The van der Waals surface area contributed by atoms with Gasteiger partial charge in [-0.15, -0.1) is 0 Å². The van der Waals surface area contributed by atoms with Crippen molar-refractivity contribution in [1.82, 2.24) is 0 Å². The van der Waals surface area contributed by atoms with E-state index in [1.807, 2.05) is 25.2 Å². The Labute approximate surface area is 90.9 Å². The monoisotopic (exact) mass is 203 g/mol. The predicted molar refractivity (Wildman–Crippen MR) is 62.1 cm³/mol. The maximum absolute atomic E-state index is 11.8. The summed E-state index contributed by atoms with van der Waals surface area (Å²) in [5.41, 5.74) is 1.14. The van der Waals surface area contributed by atoms with E-state index in [2.05, 4.69) is 17.0 Å². The molecule has 0 amide bonds. The van der Waals surface area contributed by atoms with Gasteiger partial charge in [0.2, 0.25) is 0 Å². The van der Waals surface area contributed by atoms with Gasteiger partial charge in [-0.1, -0.05) is 24.6 Å². The Morgan fingerprint density at radius 3 is 2.60 bits per heavy atom. The summed E-state index contributed by atoms with van der Waals surface area (Å²) in [5, 5.41) is 0. The quantitative estimate of drug-likeness (QED) is 0.736. The number of benzene rings is 1.